The van der Waals surface area contributed by atoms with E-state index in [1.807, 2.05) is 13.8 Å². The van der Waals surface area contributed by atoms with Gasteiger partial charge in [0.25, 0.3) is 0 Å². The van der Waals surface area contributed by atoms with Gasteiger partial charge in [-0.2, -0.15) is 0 Å². The molecule has 0 aromatic heterocycles. The van der Waals surface area contributed by atoms with E-state index < -0.39 is 10.4 Å². The molecule has 5 heteroatoms. The lowest BCUT2D eigenvalue weighted by atomic mass is 9.91. The van der Waals surface area contributed by atoms with Crippen LogP contribution in [0, 0.1) is 5.41 Å². The molecule has 0 saturated heterocycles. The number of alkyl halides is 2. The van der Waals surface area contributed by atoms with Crippen LogP contribution in [0.2, 0.25) is 5.02 Å². The highest BCUT2D eigenvalue weighted by Crippen LogP contribution is 2.26. The van der Waals surface area contributed by atoms with E-state index in [0.29, 0.717) is 16.1 Å². The zero-order chi connectivity index (χ0) is 13.1. The van der Waals surface area contributed by atoms with Gasteiger partial charge in [-0.3, -0.25) is 4.79 Å². The Balaban J connectivity index is 2.69. The molecular formula is C12H13Br2ClO2. The van der Waals surface area contributed by atoms with Crippen molar-refractivity contribution >= 4 is 49.2 Å². The fourth-order valence-electron chi connectivity index (χ4n) is 1.06. The molecule has 2 nitrogen and oxygen atoms in total. The topological polar surface area (TPSA) is 26.3 Å². The lowest BCUT2D eigenvalue weighted by Gasteiger charge is -2.23. The Hall–Kier alpha value is -0.0600. The number of Topliss-reactive ketones (excluding diaryl/α,β-unsaturated/α-hetero) is 1. The van der Waals surface area contributed by atoms with E-state index in [2.05, 4.69) is 31.9 Å². The van der Waals surface area contributed by atoms with E-state index in [1.165, 1.54) is 0 Å². The summed E-state index contributed by atoms with van der Waals surface area (Å²) in [5.74, 6) is 0.597. The van der Waals surface area contributed by atoms with Crippen molar-refractivity contribution in [3.63, 3.8) is 0 Å². The minimum Gasteiger partial charge on any atom is -0.471 e. The Kier molecular flexibility index (Phi) is 5.48. The van der Waals surface area contributed by atoms with Gasteiger partial charge in [-0.15, -0.1) is 0 Å². The number of hydrogen-bond acceptors (Lipinski definition) is 2. The molecule has 94 valence electrons. The second kappa shape index (κ2) is 6.21. The number of benzene rings is 1. The minimum absolute atomic E-state index is 0.00988. The molecule has 0 amide bonds. The summed E-state index contributed by atoms with van der Waals surface area (Å²) in [6, 6.07) is 6.89. The molecule has 0 N–H and O–H groups in total. The maximum Gasteiger partial charge on any atom is 0.211 e. The van der Waals surface area contributed by atoms with Crippen LogP contribution in [-0.2, 0) is 4.79 Å². The SMILES string of the molecule is CC(C)(CBr)C(=O)C(Br)Oc1ccc(Cl)cc1. The highest BCUT2D eigenvalue weighted by molar-refractivity contribution is 9.10. The summed E-state index contributed by atoms with van der Waals surface area (Å²) in [6.45, 7) is 3.73. The fourth-order valence-corrected chi connectivity index (χ4v) is 2.30. The average molecular weight is 384 g/mol. The highest BCUT2D eigenvalue weighted by Gasteiger charge is 2.32. The first-order valence-corrected chi connectivity index (χ1v) is 7.45. The zero-order valence-corrected chi connectivity index (χ0v) is 13.5. The molecule has 0 aliphatic rings. The van der Waals surface area contributed by atoms with Crippen molar-refractivity contribution in [2.75, 3.05) is 5.33 Å². The van der Waals surface area contributed by atoms with Gasteiger partial charge in [0.15, 0.2) is 5.78 Å². The maximum atomic E-state index is 12.0. The predicted molar refractivity (Wildman–Crippen MR) is 77.4 cm³/mol. The Bertz CT molecular complexity index is 390. The number of ether oxygens (including phenoxy) is 1. The number of rotatable bonds is 5. The van der Waals surface area contributed by atoms with E-state index in [-0.39, 0.29) is 5.78 Å². The van der Waals surface area contributed by atoms with Crippen LogP contribution < -0.4 is 4.74 Å². The van der Waals surface area contributed by atoms with Gasteiger partial charge < -0.3 is 4.74 Å². The van der Waals surface area contributed by atoms with E-state index in [0.717, 1.165) is 0 Å². The molecule has 1 unspecified atom stereocenters. The lowest BCUT2D eigenvalue weighted by molar-refractivity contribution is -0.129. The number of hydrogen-bond donors (Lipinski definition) is 0. The van der Waals surface area contributed by atoms with Gasteiger partial charge in [0.05, 0.1) is 0 Å². The van der Waals surface area contributed by atoms with Crippen LogP contribution in [0.3, 0.4) is 0 Å². The second-order valence-electron chi connectivity index (χ2n) is 4.27. The van der Waals surface area contributed by atoms with Crippen LogP contribution in [0.1, 0.15) is 13.8 Å². The summed E-state index contributed by atoms with van der Waals surface area (Å²) in [7, 11) is 0. The standard InChI is InChI=1S/C12H13Br2ClO2/c1-12(2,7-13)10(16)11(14)17-9-5-3-8(15)4-6-9/h3-6,11H,7H2,1-2H3. The lowest BCUT2D eigenvalue weighted by Crippen LogP contribution is -2.35. The predicted octanol–water partition coefficient (Wildman–Crippen LogP) is 4.43. The molecule has 1 atom stereocenters. The molecule has 17 heavy (non-hydrogen) atoms. The Morgan fingerprint density at radius 2 is 1.94 bits per heavy atom. The molecule has 1 rings (SSSR count). The number of carbonyl (C=O) groups excluding carboxylic acids is 1. The molecule has 0 heterocycles. The van der Waals surface area contributed by atoms with Crippen molar-refractivity contribution in [2.24, 2.45) is 5.41 Å². The Labute approximate surface area is 123 Å². The molecule has 0 bridgehead atoms. The van der Waals surface area contributed by atoms with Gasteiger partial charge in [-0.25, -0.2) is 0 Å². The van der Waals surface area contributed by atoms with Crippen LogP contribution in [-0.4, -0.2) is 16.1 Å². The summed E-state index contributed by atoms with van der Waals surface area (Å²) in [5, 5.41) is 0.567. The first-order valence-electron chi connectivity index (χ1n) is 5.03. The third kappa shape index (κ3) is 4.27. The average Bonchev–Trinajstić information content (AvgIpc) is 2.31. The molecule has 0 spiro atoms. The van der Waals surface area contributed by atoms with Crippen LogP contribution in [0.15, 0.2) is 24.3 Å². The van der Waals surface area contributed by atoms with Crippen LogP contribution in [0.4, 0.5) is 0 Å². The molecule has 0 saturated carbocycles. The summed E-state index contributed by atoms with van der Waals surface area (Å²) in [5.41, 5.74) is -0.472. The van der Waals surface area contributed by atoms with Crippen molar-refractivity contribution in [3.05, 3.63) is 29.3 Å². The normalized spacial score (nSPS) is 13.2. The third-order valence-corrected chi connectivity index (χ3v) is 4.52. The van der Waals surface area contributed by atoms with E-state index in [4.69, 9.17) is 16.3 Å². The molecule has 0 aliphatic carbocycles. The molecule has 1 aromatic rings. The monoisotopic (exact) mass is 382 g/mol. The Morgan fingerprint density at radius 1 is 1.41 bits per heavy atom. The largest absolute Gasteiger partial charge is 0.471 e. The first-order chi connectivity index (χ1) is 7.86. The molecular weight excluding hydrogens is 371 g/mol. The van der Waals surface area contributed by atoms with Gasteiger partial charge in [0, 0.05) is 15.8 Å². The summed E-state index contributed by atoms with van der Waals surface area (Å²) < 4.78 is 5.51. The van der Waals surface area contributed by atoms with E-state index >= 15 is 0 Å². The number of ketones is 1. The third-order valence-electron chi connectivity index (χ3n) is 2.26. The fraction of sp³-hybridized carbons (Fsp3) is 0.417. The maximum absolute atomic E-state index is 12.0. The molecule has 1 aromatic carbocycles. The van der Waals surface area contributed by atoms with Crippen molar-refractivity contribution in [3.8, 4) is 5.75 Å². The van der Waals surface area contributed by atoms with Gasteiger partial charge in [0.2, 0.25) is 5.01 Å². The van der Waals surface area contributed by atoms with Crippen LogP contribution in [0.5, 0.6) is 5.75 Å². The van der Waals surface area contributed by atoms with Gasteiger partial charge >= 0.3 is 0 Å². The molecule has 0 aliphatic heterocycles. The molecule has 0 fully saturated rings. The van der Waals surface area contributed by atoms with Crippen molar-refractivity contribution in [1.82, 2.24) is 0 Å². The summed E-state index contributed by atoms with van der Waals surface area (Å²) in [6.07, 6.45) is 0. The van der Waals surface area contributed by atoms with E-state index in [9.17, 15) is 4.79 Å². The van der Waals surface area contributed by atoms with Crippen LogP contribution in [0.25, 0.3) is 0 Å². The summed E-state index contributed by atoms with van der Waals surface area (Å²) in [4.78, 5) is 12.0. The summed E-state index contributed by atoms with van der Waals surface area (Å²) >= 11 is 12.3. The minimum atomic E-state index is -0.656. The quantitative estimate of drug-likeness (QED) is 0.702. The van der Waals surface area contributed by atoms with Gasteiger partial charge in [-0.05, 0) is 40.2 Å². The van der Waals surface area contributed by atoms with Crippen LogP contribution >= 0.6 is 43.5 Å². The van der Waals surface area contributed by atoms with Gasteiger partial charge in [0.1, 0.15) is 5.75 Å². The van der Waals surface area contributed by atoms with E-state index in [1.54, 1.807) is 24.3 Å². The zero-order valence-electron chi connectivity index (χ0n) is 9.54. The highest BCUT2D eigenvalue weighted by atomic mass is 79.9. The van der Waals surface area contributed by atoms with Crippen molar-refractivity contribution < 1.29 is 9.53 Å². The number of halogens is 3. The van der Waals surface area contributed by atoms with Crippen molar-refractivity contribution in [1.29, 1.82) is 0 Å². The van der Waals surface area contributed by atoms with Gasteiger partial charge in [-0.1, -0.05) is 41.4 Å². The molecule has 0 radical (unpaired) electrons. The Morgan fingerprint density at radius 3 is 2.41 bits per heavy atom. The first kappa shape index (κ1) is 15.0. The number of carbonyl (C=O) groups is 1. The van der Waals surface area contributed by atoms with Crippen molar-refractivity contribution in [2.45, 2.75) is 18.9 Å². The second-order valence-corrected chi connectivity index (χ2v) is 6.10. The smallest absolute Gasteiger partial charge is 0.211 e.